The number of anilines is 1. The molecule has 3 rings (SSSR count). The topological polar surface area (TPSA) is 51.2 Å². The van der Waals surface area contributed by atoms with Crippen LogP contribution in [0.15, 0.2) is 58.8 Å². The van der Waals surface area contributed by atoms with Crippen molar-refractivity contribution in [1.82, 2.24) is 4.98 Å². The minimum Gasteiger partial charge on any atom is -0.497 e. The first-order valence-electron chi connectivity index (χ1n) is 7.83. The summed E-state index contributed by atoms with van der Waals surface area (Å²) in [6, 6.07) is 15.3. The lowest BCUT2D eigenvalue weighted by Gasteiger charge is -2.04. The van der Waals surface area contributed by atoms with Gasteiger partial charge in [-0.15, -0.1) is 23.1 Å². The molecule has 1 amide bonds. The maximum Gasteiger partial charge on any atom is 0.257 e. The Morgan fingerprint density at radius 2 is 2.04 bits per heavy atom. The zero-order valence-electron chi connectivity index (χ0n) is 14.0. The number of nitrogens with zero attached hydrogens (tertiary/aromatic N) is 1. The van der Waals surface area contributed by atoms with Crippen LogP contribution in [0.4, 0.5) is 5.13 Å². The van der Waals surface area contributed by atoms with Crippen molar-refractivity contribution in [2.75, 3.05) is 18.2 Å². The number of hydrogen-bond donors (Lipinski definition) is 1. The van der Waals surface area contributed by atoms with Crippen LogP contribution >= 0.6 is 23.1 Å². The number of carbonyl (C=O) groups excluding carboxylic acids is 1. The number of carbonyl (C=O) groups is 1. The van der Waals surface area contributed by atoms with Crippen LogP contribution in [0.2, 0.25) is 0 Å². The molecule has 0 saturated heterocycles. The number of aromatic nitrogens is 1. The molecule has 1 heterocycles. The van der Waals surface area contributed by atoms with Crippen molar-refractivity contribution >= 4 is 34.1 Å². The van der Waals surface area contributed by atoms with Gasteiger partial charge in [-0.2, -0.15) is 0 Å². The Bertz CT molecular complexity index is 860. The Morgan fingerprint density at radius 1 is 1.24 bits per heavy atom. The number of nitrogens with one attached hydrogen (secondary N) is 1. The second kappa shape index (κ2) is 8.18. The van der Waals surface area contributed by atoms with E-state index < -0.39 is 0 Å². The largest absolute Gasteiger partial charge is 0.497 e. The molecule has 0 atom stereocenters. The Balaban J connectivity index is 1.72. The molecule has 0 fully saturated rings. The summed E-state index contributed by atoms with van der Waals surface area (Å²) in [5.41, 5.74) is 2.46. The van der Waals surface area contributed by atoms with Gasteiger partial charge in [0.15, 0.2) is 5.13 Å². The highest BCUT2D eigenvalue weighted by Crippen LogP contribution is 2.27. The summed E-state index contributed by atoms with van der Waals surface area (Å²) in [5, 5.41) is 5.39. The molecule has 1 aromatic heterocycles. The minimum absolute atomic E-state index is 0.144. The molecule has 25 heavy (non-hydrogen) atoms. The molecule has 0 aliphatic carbocycles. The minimum atomic E-state index is -0.144. The molecule has 0 spiro atoms. The number of thiazole rings is 1. The van der Waals surface area contributed by atoms with Crippen LogP contribution in [-0.2, 0) is 0 Å². The van der Waals surface area contributed by atoms with Crippen molar-refractivity contribution in [2.24, 2.45) is 0 Å². The van der Waals surface area contributed by atoms with Crippen molar-refractivity contribution in [2.45, 2.75) is 11.8 Å². The molecule has 0 unspecified atom stereocenters. The fourth-order valence-corrected chi connectivity index (χ4v) is 3.72. The lowest BCUT2D eigenvalue weighted by molar-refractivity contribution is 0.102. The van der Waals surface area contributed by atoms with Crippen LogP contribution < -0.4 is 10.1 Å². The molecule has 0 bridgehead atoms. The van der Waals surface area contributed by atoms with Gasteiger partial charge in [0.1, 0.15) is 5.75 Å². The standard InChI is InChI=1S/C19H18N2O2S2/c1-3-24-16-6-4-5-14(11-16)18(22)21-19-20-17(12-25-19)13-7-9-15(23-2)10-8-13/h4-12H,3H2,1-2H3,(H,20,21,22). The Kier molecular flexibility index (Phi) is 5.73. The number of benzene rings is 2. The van der Waals surface area contributed by atoms with Crippen molar-refractivity contribution in [3.63, 3.8) is 0 Å². The average Bonchev–Trinajstić information content (AvgIpc) is 3.11. The Morgan fingerprint density at radius 3 is 2.76 bits per heavy atom. The van der Waals surface area contributed by atoms with Gasteiger partial charge in [-0.3, -0.25) is 10.1 Å². The molecule has 6 heteroatoms. The van der Waals surface area contributed by atoms with Crippen LogP contribution in [-0.4, -0.2) is 23.8 Å². The van der Waals surface area contributed by atoms with E-state index in [0.717, 1.165) is 27.7 Å². The highest BCUT2D eigenvalue weighted by molar-refractivity contribution is 7.99. The number of thioether (sulfide) groups is 1. The third-order valence-electron chi connectivity index (χ3n) is 3.52. The monoisotopic (exact) mass is 370 g/mol. The second-order valence-corrected chi connectivity index (χ2v) is 7.38. The van der Waals surface area contributed by atoms with Crippen LogP contribution in [0.3, 0.4) is 0 Å². The molecule has 0 aliphatic rings. The first-order chi connectivity index (χ1) is 12.2. The van der Waals surface area contributed by atoms with E-state index >= 15 is 0 Å². The molecular weight excluding hydrogens is 352 g/mol. The average molecular weight is 370 g/mol. The van der Waals surface area contributed by atoms with Gasteiger partial charge >= 0.3 is 0 Å². The molecule has 0 radical (unpaired) electrons. The van der Waals surface area contributed by atoms with E-state index in [1.807, 2.05) is 53.9 Å². The number of rotatable bonds is 6. The first-order valence-corrected chi connectivity index (χ1v) is 9.70. The van der Waals surface area contributed by atoms with Gasteiger partial charge in [-0.1, -0.05) is 13.0 Å². The van der Waals surface area contributed by atoms with Crippen molar-refractivity contribution in [3.05, 3.63) is 59.5 Å². The van der Waals surface area contributed by atoms with Crippen LogP contribution in [0.25, 0.3) is 11.3 Å². The lowest BCUT2D eigenvalue weighted by atomic mass is 10.2. The SMILES string of the molecule is CCSc1cccc(C(=O)Nc2nc(-c3ccc(OC)cc3)cs2)c1. The fourth-order valence-electron chi connectivity index (χ4n) is 2.29. The number of methoxy groups -OCH3 is 1. The fraction of sp³-hybridized carbons (Fsp3) is 0.158. The van der Waals surface area contributed by atoms with Gasteiger partial charge < -0.3 is 4.74 Å². The van der Waals surface area contributed by atoms with Crippen LogP contribution in [0.5, 0.6) is 5.75 Å². The highest BCUT2D eigenvalue weighted by Gasteiger charge is 2.11. The predicted octanol–water partition coefficient (Wildman–Crippen LogP) is 5.18. The number of amides is 1. The molecule has 0 aliphatic heterocycles. The maximum atomic E-state index is 12.4. The van der Waals surface area contributed by atoms with Crippen molar-refractivity contribution < 1.29 is 9.53 Å². The molecule has 0 saturated carbocycles. The summed E-state index contributed by atoms with van der Waals surface area (Å²) in [6.07, 6.45) is 0. The van der Waals surface area contributed by atoms with Crippen molar-refractivity contribution in [3.8, 4) is 17.0 Å². The molecule has 128 valence electrons. The van der Waals surface area contributed by atoms with Gasteiger partial charge in [-0.05, 0) is 48.2 Å². The third kappa shape index (κ3) is 4.41. The van der Waals surface area contributed by atoms with Crippen LogP contribution in [0.1, 0.15) is 17.3 Å². The Hall–Kier alpha value is -2.31. The molecule has 2 aromatic carbocycles. The normalized spacial score (nSPS) is 10.5. The van der Waals surface area contributed by atoms with E-state index in [0.29, 0.717) is 10.7 Å². The van der Waals surface area contributed by atoms with Gasteiger partial charge in [0, 0.05) is 21.4 Å². The van der Waals surface area contributed by atoms with Gasteiger partial charge in [-0.25, -0.2) is 4.98 Å². The van der Waals surface area contributed by atoms with Crippen molar-refractivity contribution in [1.29, 1.82) is 0 Å². The van der Waals surface area contributed by atoms with Gasteiger partial charge in [0.2, 0.25) is 0 Å². The van der Waals surface area contributed by atoms with E-state index in [4.69, 9.17) is 4.74 Å². The van der Waals surface area contributed by atoms with E-state index in [1.54, 1.807) is 18.9 Å². The highest BCUT2D eigenvalue weighted by atomic mass is 32.2. The second-order valence-electron chi connectivity index (χ2n) is 5.18. The summed E-state index contributed by atoms with van der Waals surface area (Å²) >= 11 is 3.13. The first kappa shape index (κ1) is 17.5. The lowest BCUT2D eigenvalue weighted by Crippen LogP contribution is -2.11. The summed E-state index contributed by atoms with van der Waals surface area (Å²) in [6.45, 7) is 2.09. The van der Waals surface area contributed by atoms with E-state index in [9.17, 15) is 4.79 Å². The smallest absolute Gasteiger partial charge is 0.257 e. The van der Waals surface area contributed by atoms with E-state index in [2.05, 4.69) is 17.2 Å². The summed E-state index contributed by atoms with van der Waals surface area (Å²) < 4.78 is 5.16. The summed E-state index contributed by atoms with van der Waals surface area (Å²) in [4.78, 5) is 18.0. The number of hydrogen-bond acceptors (Lipinski definition) is 5. The van der Waals surface area contributed by atoms with Gasteiger partial charge in [0.25, 0.3) is 5.91 Å². The zero-order valence-corrected chi connectivity index (χ0v) is 15.6. The number of ether oxygens (including phenoxy) is 1. The van der Waals surface area contributed by atoms with Crippen LogP contribution in [0, 0.1) is 0 Å². The Labute approximate surface area is 155 Å². The summed E-state index contributed by atoms with van der Waals surface area (Å²) in [5.74, 6) is 1.63. The molecular formula is C19H18N2O2S2. The zero-order chi connectivity index (χ0) is 17.6. The van der Waals surface area contributed by atoms with E-state index in [1.165, 1.54) is 11.3 Å². The van der Waals surface area contributed by atoms with E-state index in [-0.39, 0.29) is 5.91 Å². The molecule has 3 aromatic rings. The quantitative estimate of drug-likeness (QED) is 0.607. The maximum absolute atomic E-state index is 12.4. The summed E-state index contributed by atoms with van der Waals surface area (Å²) in [7, 11) is 1.64. The van der Waals surface area contributed by atoms with Gasteiger partial charge in [0.05, 0.1) is 12.8 Å². The molecule has 1 N–H and O–H groups in total. The molecule has 4 nitrogen and oxygen atoms in total. The third-order valence-corrected chi connectivity index (χ3v) is 5.15. The predicted molar refractivity (Wildman–Crippen MR) is 105 cm³/mol.